The Bertz CT molecular complexity index is 642. The second-order valence-electron chi connectivity index (χ2n) is 5.27. The van der Waals surface area contributed by atoms with Gasteiger partial charge in [-0.05, 0) is 46.9 Å². The number of carbonyl (C=O) groups is 1. The van der Waals surface area contributed by atoms with Crippen molar-refractivity contribution in [2.75, 3.05) is 11.9 Å². The normalized spacial score (nSPS) is 21.4. The van der Waals surface area contributed by atoms with Gasteiger partial charge in [0.15, 0.2) is 5.82 Å². The van der Waals surface area contributed by atoms with Gasteiger partial charge in [0.05, 0.1) is 22.4 Å². The highest BCUT2D eigenvalue weighted by Gasteiger charge is 2.27. The highest BCUT2D eigenvalue weighted by molar-refractivity contribution is 9.10. The van der Waals surface area contributed by atoms with Gasteiger partial charge >= 0.3 is 0 Å². The zero-order valence-corrected chi connectivity index (χ0v) is 13.2. The number of rotatable bonds is 3. The molecular weight excluding hydrogens is 334 g/mol. The summed E-state index contributed by atoms with van der Waals surface area (Å²) < 4.78 is 2.42. The molecule has 0 aliphatic carbocycles. The number of halogens is 1. The number of hydrogen-bond acceptors (Lipinski definition) is 4. The molecule has 1 aliphatic rings. The topological polar surface area (TPSA) is 71.8 Å². The van der Waals surface area contributed by atoms with Crippen LogP contribution in [0.25, 0.3) is 5.69 Å². The molecule has 21 heavy (non-hydrogen) atoms. The Morgan fingerprint density at radius 1 is 1.57 bits per heavy atom. The quantitative estimate of drug-likeness (QED) is 0.888. The van der Waals surface area contributed by atoms with E-state index in [4.69, 9.17) is 0 Å². The summed E-state index contributed by atoms with van der Waals surface area (Å²) in [4.78, 5) is 16.3. The number of aromatic nitrogens is 3. The molecule has 1 amide bonds. The van der Waals surface area contributed by atoms with Crippen LogP contribution in [0.1, 0.15) is 13.3 Å². The minimum absolute atomic E-state index is 0.0449. The highest BCUT2D eigenvalue weighted by Crippen LogP contribution is 2.23. The molecule has 0 aromatic carbocycles. The Hall–Kier alpha value is -1.73. The van der Waals surface area contributed by atoms with Crippen molar-refractivity contribution in [3.05, 3.63) is 35.2 Å². The van der Waals surface area contributed by atoms with Crippen molar-refractivity contribution in [2.45, 2.75) is 19.4 Å². The predicted molar refractivity (Wildman–Crippen MR) is 83.3 cm³/mol. The monoisotopic (exact) mass is 349 g/mol. The van der Waals surface area contributed by atoms with Crippen LogP contribution in [0.5, 0.6) is 0 Å². The molecule has 0 bridgehead atoms. The van der Waals surface area contributed by atoms with Gasteiger partial charge in [-0.2, -0.15) is 0 Å². The zero-order chi connectivity index (χ0) is 14.8. The number of anilines is 1. The van der Waals surface area contributed by atoms with Crippen molar-refractivity contribution in [3.8, 4) is 5.69 Å². The molecule has 1 fully saturated rings. The molecule has 7 heteroatoms. The summed E-state index contributed by atoms with van der Waals surface area (Å²) in [5, 5.41) is 10.5. The van der Waals surface area contributed by atoms with Gasteiger partial charge in [0, 0.05) is 12.4 Å². The van der Waals surface area contributed by atoms with Crippen LogP contribution in [0, 0.1) is 5.92 Å². The maximum absolute atomic E-state index is 12.2. The van der Waals surface area contributed by atoms with E-state index in [1.54, 1.807) is 23.3 Å². The van der Waals surface area contributed by atoms with Gasteiger partial charge < -0.3 is 10.6 Å². The fraction of sp³-hybridized carbons (Fsp3) is 0.357. The maximum Gasteiger partial charge on any atom is 0.242 e. The molecule has 2 atom stereocenters. The first-order valence-electron chi connectivity index (χ1n) is 6.83. The summed E-state index contributed by atoms with van der Waals surface area (Å²) in [5.41, 5.74) is 0.839. The zero-order valence-electron chi connectivity index (χ0n) is 11.6. The molecule has 2 aromatic heterocycles. The van der Waals surface area contributed by atoms with Crippen molar-refractivity contribution >= 4 is 27.7 Å². The number of nitrogens with one attached hydrogen (secondary N) is 2. The van der Waals surface area contributed by atoms with E-state index in [9.17, 15) is 4.79 Å². The summed E-state index contributed by atoms with van der Waals surface area (Å²) >= 11 is 3.42. The van der Waals surface area contributed by atoms with Gasteiger partial charge in [-0.15, -0.1) is 5.10 Å². The van der Waals surface area contributed by atoms with Crippen LogP contribution < -0.4 is 10.6 Å². The van der Waals surface area contributed by atoms with Gasteiger partial charge in [0.1, 0.15) is 0 Å². The van der Waals surface area contributed by atoms with Crippen LogP contribution >= 0.6 is 15.9 Å². The van der Waals surface area contributed by atoms with E-state index in [1.165, 1.54) is 0 Å². The molecule has 110 valence electrons. The largest absolute Gasteiger partial charge is 0.307 e. The van der Waals surface area contributed by atoms with Crippen LogP contribution in [0.3, 0.4) is 0 Å². The average molecular weight is 350 g/mol. The van der Waals surface area contributed by atoms with Gasteiger partial charge in [-0.25, -0.2) is 4.68 Å². The molecule has 1 saturated heterocycles. The number of hydrogen-bond donors (Lipinski definition) is 2. The lowest BCUT2D eigenvalue weighted by atomic mass is 10.1. The van der Waals surface area contributed by atoms with Gasteiger partial charge in [-0.3, -0.25) is 9.78 Å². The Balaban J connectivity index is 1.74. The van der Waals surface area contributed by atoms with E-state index >= 15 is 0 Å². The third-order valence-electron chi connectivity index (χ3n) is 3.49. The first-order valence-corrected chi connectivity index (χ1v) is 7.62. The van der Waals surface area contributed by atoms with Crippen LogP contribution in [0.2, 0.25) is 0 Å². The van der Waals surface area contributed by atoms with Crippen molar-refractivity contribution in [1.82, 2.24) is 20.1 Å². The summed E-state index contributed by atoms with van der Waals surface area (Å²) in [6.07, 6.45) is 6.08. The number of carbonyl (C=O) groups excluding carboxylic acids is 1. The van der Waals surface area contributed by atoms with Crippen molar-refractivity contribution in [1.29, 1.82) is 0 Å². The van der Waals surface area contributed by atoms with E-state index in [2.05, 4.69) is 43.6 Å². The third-order valence-corrected chi connectivity index (χ3v) is 4.07. The Labute approximate surface area is 131 Å². The minimum atomic E-state index is -0.143. The molecule has 1 aliphatic heterocycles. The number of nitrogens with zero attached hydrogens (tertiary/aromatic N) is 3. The molecule has 3 heterocycles. The standard InChI is InChI=1S/C14H16BrN5O/c1-9-5-12(17-6-9)14(21)18-13-11(15)8-20(19-13)10-3-2-4-16-7-10/h2-4,7-9,12,17H,5-6H2,1H3,(H,18,19,21)/t9?,12-/m0/s1. The first kappa shape index (κ1) is 14.2. The van der Waals surface area contributed by atoms with E-state index in [0.29, 0.717) is 11.7 Å². The van der Waals surface area contributed by atoms with Crippen LogP contribution in [-0.2, 0) is 4.79 Å². The number of pyridine rings is 1. The van der Waals surface area contributed by atoms with E-state index in [0.717, 1.165) is 23.1 Å². The molecule has 0 radical (unpaired) electrons. The molecule has 2 N–H and O–H groups in total. The molecule has 0 saturated carbocycles. The van der Waals surface area contributed by atoms with Gasteiger partial charge in [-0.1, -0.05) is 6.92 Å². The first-order chi connectivity index (χ1) is 10.1. The second kappa shape index (κ2) is 5.95. The van der Waals surface area contributed by atoms with E-state index < -0.39 is 0 Å². The number of amides is 1. The maximum atomic E-state index is 12.2. The molecule has 0 spiro atoms. The van der Waals surface area contributed by atoms with Gasteiger partial charge in [0.25, 0.3) is 0 Å². The van der Waals surface area contributed by atoms with Crippen molar-refractivity contribution < 1.29 is 4.79 Å². The van der Waals surface area contributed by atoms with Crippen molar-refractivity contribution in [3.63, 3.8) is 0 Å². The van der Waals surface area contributed by atoms with Gasteiger partial charge in [0.2, 0.25) is 5.91 Å². The molecular formula is C14H16BrN5O. The lowest BCUT2D eigenvalue weighted by Gasteiger charge is -2.09. The van der Waals surface area contributed by atoms with Crippen LogP contribution in [-0.4, -0.2) is 33.3 Å². The summed E-state index contributed by atoms with van der Waals surface area (Å²) in [7, 11) is 0. The Morgan fingerprint density at radius 3 is 3.10 bits per heavy atom. The van der Waals surface area contributed by atoms with Crippen LogP contribution in [0.15, 0.2) is 35.2 Å². The lowest BCUT2D eigenvalue weighted by Crippen LogP contribution is -2.35. The van der Waals surface area contributed by atoms with Crippen LogP contribution in [0.4, 0.5) is 5.82 Å². The molecule has 1 unspecified atom stereocenters. The van der Waals surface area contributed by atoms with E-state index in [1.807, 2.05) is 12.1 Å². The lowest BCUT2D eigenvalue weighted by molar-refractivity contribution is -0.117. The Kier molecular flexibility index (Phi) is 4.03. The summed E-state index contributed by atoms with van der Waals surface area (Å²) in [6.45, 7) is 3.01. The second-order valence-corrected chi connectivity index (χ2v) is 6.13. The molecule has 6 nitrogen and oxygen atoms in total. The predicted octanol–water partition coefficient (Wildman–Crippen LogP) is 1.97. The highest BCUT2D eigenvalue weighted by atomic mass is 79.9. The minimum Gasteiger partial charge on any atom is -0.307 e. The molecule has 2 aromatic rings. The molecule has 3 rings (SSSR count). The average Bonchev–Trinajstić information content (AvgIpc) is 3.07. The summed E-state index contributed by atoms with van der Waals surface area (Å²) in [5.74, 6) is 0.999. The fourth-order valence-electron chi connectivity index (χ4n) is 2.38. The van der Waals surface area contributed by atoms with E-state index in [-0.39, 0.29) is 11.9 Å². The van der Waals surface area contributed by atoms with Crippen molar-refractivity contribution in [2.24, 2.45) is 5.92 Å². The fourth-order valence-corrected chi connectivity index (χ4v) is 2.75. The SMILES string of the molecule is CC1CN[C@H](C(=O)Nc2nn(-c3cccnc3)cc2Br)C1. The summed E-state index contributed by atoms with van der Waals surface area (Å²) in [6, 6.07) is 3.60. The smallest absolute Gasteiger partial charge is 0.242 e. The Morgan fingerprint density at radius 2 is 2.43 bits per heavy atom. The third kappa shape index (κ3) is 3.14.